The Bertz CT molecular complexity index is 1020. The van der Waals surface area contributed by atoms with Gasteiger partial charge in [0.25, 0.3) is 5.91 Å². The van der Waals surface area contributed by atoms with E-state index in [1.165, 1.54) is 6.07 Å². The molecule has 2 aromatic carbocycles. The lowest BCUT2D eigenvalue weighted by Gasteiger charge is -2.26. The van der Waals surface area contributed by atoms with Crippen LogP contribution in [0.5, 0.6) is 5.75 Å². The van der Waals surface area contributed by atoms with Gasteiger partial charge in [-0.3, -0.25) is 4.79 Å². The van der Waals surface area contributed by atoms with Gasteiger partial charge in [-0.25, -0.2) is 4.39 Å². The van der Waals surface area contributed by atoms with E-state index in [1.54, 1.807) is 12.1 Å². The molecule has 1 heterocycles. The first-order chi connectivity index (χ1) is 13.3. The Labute approximate surface area is 165 Å². The van der Waals surface area contributed by atoms with E-state index in [1.807, 2.05) is 63.6 Å². The molecule has 0 saturated heterocycles. The highest BCUT2D eigenvalue weighted by Gasteiger charge is 2.26. The molecule has 148 valence electrons. The molecule has 28 heavy (non-hydrogen) atoms. The summed E-state index contributed by atoms with van der Waals surface area (Å²) in [5.41, 5.74) is 2.53. The van der Waals surface area contributed by atoms with Crippen LogP contribution in [0.15, 0.2) is 42.5 Å². The number of nitrogens with one attached hydrogen (secondary N) is 1. The van der Waals surface area contributed by atoms with Crippen molar-refractivity contribution in [2.45, 2.75) is 33.1 Å². The molecule has 0 atom stereocenters. The van der Waals surface area contributed by atoms with Gasteiger partial charge in [0, 0.05) is 35.6 Å². The Morgan fingerprint density at radius 1 is 1.21 bits per heavy atom. The minimum Gasteiger partial charge on any atom is -0.494 e. The molecule has 0 saturated carbocycles. The summed E-state index contributed by atoms with van der Waals surface area (Å²) in [6, 6.07) is 12.5. The lowest BCUT2D eigenvalue weighted by atomic mass is 9.84. The Morgan fingerprint density at radius 2 is 1.93 bits per heavy atom. The third kappa shape index (κ3) is 3.61. The van der Waals surface area contributed by atoms with Crippen molar-refractivity contribution >= 4 is 16.8 Å². The zero-order valence-electron chi connectivity index (χ0n) is 17.1. The highest BCUT2D eigenvalue weighted by atomic mass is 19.1. The summed E-state index contributed by atoms with van der Waals surface area (Å²) in [4.78, 5) is 13.1. The highest BCUT2D eigenvalue weighted by molar-refractivity contribution is 6.08. The Balaban J connectivity index is 1.90. The largest absolute Gasteiger partial charge is 0.494 e. The molecule has 0 aliphatic carbocycles. The first-order valence-corrected chi connectivity index (χ1v) is 9.51. The van der Waals surface area contributed by atoms with Crippen molar-refractivity contribution in [3.8, 4) is 5.75 Å². The molecule has 0 spiro atoms. The zero-order chi connectivity index (χ0) is 20.5. The first kappa shape index (κ1) is 19.9. The number of amides is 1. The second-order valence-corrected chi connectivity index (χ2v) is 7.68. The van der Waals surface area contributed by atoms with Crippen molar-refractivity contribution in [2.75, 3.05) is 13.2 Å². The minimum absolute atomic E-state index is 0.166. The third-order valence-electron chi connectivity index (χ3n) is 5.30. The number of rotatable bonds is 6. The molecule has 0 bridgehead atoms. The number of nitrogens with zero attached hydrogens (tertiary/aromatic N) is 1. The average molecular weight is 382 g/mol. The van der Waals surface area contributed by atoms with E-state index in [-0.39, 0.29) is 11.7 Å². The van der Waals surface area contributed by atoms with E-state index in [4.69, 9.17) is 4.74 Å². The van der Waals surface area contributed by atoms with Crippen LogP contribution in [0.2, 0.25) is 0 Å². The van der Waals surface area contributed by atoms with Gasteiger partial charge in [0.05, 0.1) is 12.2 Å². The minimum atomic E-state index is -0.532. The van der Waals surface area contributed by atoms with Crippen molar-refractivity contribution in [3.63, 3.8) is 0 Å². The van der Waals surface area contributed by atoms with Crippen molar-refractivity contribution in [2.24, 2.45) is 7.05 Å². The summed E-state index contributed by atoms with van der Waals surface area (Å²) >= 11 is 0. The number of ether oxygens (including phenoxy) is 1. The normalized spacial score (nSPS) is 11.6. The second kappa shape index (κ2) is 7.66. The van der Waals surface area contributed by atoms with Gasteiger partial charge in [0.2, 0.25) is 0 Å². The van der Waals surface area contributed by atoms with Crippen molar-refractivity contribution < 1.29 is 13.9 Å². The van der Waals surface area contributed by atoms with E-state index in [2.05, 4.69) is 5.32 Å². The molecule has 3 aromatic rings. The van der Waals surface area contributed by atoms with Gasteiger partial charge in [0.15, 0.2) is 0 Å². The van der Waals surface area contributed by atoms with Crippen LogP contribution in [0.25, 0.3) is 10.9 Å². The standard InChI is InChI=1S/C23H27FN2O2/c1-6-28-16-11-12-20-17(13-16)21(15(2)26(20)5)22(27)25-14-23(3,4)18-9-7-8-10-19(18)24/h7-13H,6,14H2,1-5H3,(H,25,27). The molecule has 5 heteroatoms. The number of hydrogen-bond acceptors (Lipinski definition) is 2. The van der Waals surface area contributed by atoms with Crippen LogP contribution >= 0.6 is 0 Å². The van der Waals surface area contributed by atoms with Gasteiger partial charge in [-0.2, -0.15) is 0 Å². The first-order valence-electron chi connectivity index (χ1n) is 9.51. The number of halogens is 1. The van der Waals surface area contributed by atoms with Crippen LogP contribution < -0.4 is 10.1 Å². The maximum Gasteiger partial charge on any atom is 0.253 e. The Hall–Kier alpha value is -2.82. The topological polar surface area (TPSA) is 43.3 Å². The van der Waals surface area contributed by atoms with Gasteiger partial charge < -0.3 is 14.6 Å². The fourth-order valence-corrected chi connectivity index (χ4v) is 3.59. The number of carbonyl (C=O) groups is 1. The molecule has 1 aromatic heterocycles. The summed E-state index contributed by atoms with van der Waals surface area (Å²) in [6.07, 6.45) is 0. The van der Waals surface area contributed by atoms with Crippen molar-refractivity contribution in [3.05, 3.63) is 65.1 Å². The molecule has 0 unspecified atom stereocenters. The average Bonchev–Trinajstić information content (AvgIpc) is 2.91. The number of carbonyl (C=O) groups excluding carboxylic acids is 1. The maximum atomic E-state index is 14.2. The quantitative estimate of drug-likeness (QED) is 0.670. The number of hydrogen-bond donors (Lipinski definition) is 1. The number of benzene rings is 2. The Kier molecular flexibility index (Phi) is 5.45. The molecule has 0 aliphatic heterocycles. The molecule has 0 fully saturated rings. The smallest absolute Gasteiger partial charge is 0.253 e. The summed E-state index contributed by atoms with van der Waals surface area (Å²) in [5.74, 6) is 0.312. The van der Waals surface area contributed by atoms with Gasteiger partial charge in [-0.05, 0) is 43.7 Å². The van der Waals surface area contributed by atoms with Crippen LogP contribution in [-0.4, -0.2) is 23.6 Å². The van der Waals surface area contributed by atoms with Gasteiger partial charge in [-0.1, -0.05) is 32.0 Å². The van der Waals surface area contributed by atoms with Crippen LogP contribution in [-0.2, 0) is 12.5 Å². The lowest BCUT2D eigenvalue weighted by molar-refractivity contribution is 0.0946. The lowest BCUT2D eigenvalue weighted by Crippen LogP contribution is -2.37. The van der Waals surface area contributed by atoms with Crippen LogP contribution in [0.1, 0.15) is 42.4 Å². The molecular formula is C23H27FN2O2. The van der Waals surface area contributed by atoms with E-state index in [0.717, 1.165) is 22.3 Å². The molecule has 0 aliphatic rings. The number of aryl methyl sites for hydroxylation is 1. The molecule has 4 nitrogen and oxygen atoms in total. The summed E-state index contributed by atoms with van der Waals surface area (Å²) in [6.45, 7) is 8.60. The maximum absolute atomic E-state index is 14.2. The zero-order valence-corrected chi connectivity index (χ0v) is 17.1. The SMILES string of the molecule is CCOc1ccc2c(c1)c(C(=O)NCC(C)(C)c1ccccc1F)c(C)n2C. The van der Waals surface area contributed by atoms with Crippen LogP contribution in [0.4, 0.5) is 4.39 Å². The fourth-order valence-electron chi connectivity index (χ4n) is 3.59. The third-order valence-corrected chi connectivity index (χ3v) is 5.30. The molecule has 0 radical (unpaired) electrons. The highest BCUT2D eigenvalue weighted by Crippen LogP contribution is 2.29. The van der Waals surface area contributed by atoms with E-state index >= 15 is 0 Å². The van der Waals surface area contributed by atoms with Crippen LogP contribution in [0.3, 0.4) is 0 Å². The summed E-state index contributed by atoms with van der Waals surface area (Å²) in [7, 11) is 1.94. The van der Waals surface area contributed by atoms with E-state index in [9.17, 15) is 9.18 Å². The monoisotopic (exact) mass is 382 g/mol. The summed E-state index contributed by atoms with van der Waals surface area (Å²) < 4.78 is 21.8. The fraction of sp³-hybridized carbons (Fsp3) is 0.348. The second-order valence-electron chi connectivity index (χ2n) is 7.68. The van der Waals surface area contributed by atoms with Crippen molar-refractivity contribution in [1.82, 2.24) is 9.88 Å². The molecule has 3 rings (SSSR count). The number of fused-ring (bicyclic) bond motifs is 1. The predicted molar refractivity (Wildman–Crippen MR) is 111 cm³/mol. The predicted octanol–water partition coefficient (Wildman–Crippen LogP) is 4.73. The van der Waals surface area contributed by atoms with Gasteiger partial charge in [0.1, 0.15) is 11.6 Å². The molecule has 1 amide bonds. The summed E-state index contributed by atoms with van der Waals surface area (Å²) in [5, 5.41) is 3.86. The van der Waals surface area contributed by atoms with E-state index < -0.39 is 5.41 Å². The molecular weight excluding hydrogens is 355 g/mol. The Morgan fingerprint density at radius 3 is 2.61 bits per heavy atom. The van der Waals surface area contributed by atoms with Gasteiger partial charge >= 0.3 is 0 Å². The van der Waals surface area contributed by atoms with Crippen molar-refractivity contribution in [1.29, 1.82) is 0 Å². The van der Waals surface area contributed by atoms with E-state index in [0.29, 0.717) is 24.3 Å². The molecule has 1 N–H and O–H groups in total. The number of aromatic nitrogens is 1. The van der Waals surface area contributed by atoms with Gasteiger partial charge in [-0.15, -0.1) is 0 Å². The van der Waals surface area contributed by atoms with Crippen LogP contribution in [0, 0.1) is 12.7 Å².